The molecule has 0 bridgehead atoms. The third-order valence-electron chi connectivity index (χ3n) is 2.17. The van der Waals surface area contributed by atoms with Gasteiger partial charge in [-0.25, -0.2) is 4.79 Å². The van der Waals surface area contributed by atoms with E-state index in [0.29, 0.717) is 5.69 Å². The summed E-state index contributed by atoms with van der Waals surface area (Å²) in [5, 5.41) is 16.0. The summed E-state index contributed by atoms with van der Waals surface area (Å²) in [6.07, 6.45) is 0. The van der Waals surface area contributed by atoms with Gasteiger partial charge in [-0.1, -0.05) is 6.07 Å². The Bertz CT molecular complexity index is 478. The molecule has 6 nitrogen and oxygen atoms in total. The van der Waals surface area contributed by atoms with Crippen LogP contribution in [0.25, 0.3) is 0 Å². The van der Waals surface area contributed by atoms with Crippen molar-refractivity contribution in [3.05, 3.63) is 33.9 Å². The molecular weight excluding hydrogens is 234 g/mol. The molecule has 0 aliphatic carbocycles. The molecule has 0 aliphatic rings. The van der Waals surface area contributed by atoms with Crippen LogP contribution in [0.3, 0.4) is 0 Å². The molecule has 0 heterocycles. The van der Waals surface area contributed by atoms with Gasteiger partial charge in [0, 0.05) is 17.7 Å². The van der Waals surface area contributed by atoms with Crippen molar-refractivity contribution in [1.29, 1.82) is 0 Å². The van der Waals surface area contributed by atoms with E-state index in [2.05, 4.69) is 10.6 Å². The van der Waals surface area contributed by atoms with Gasteiger partial charge in [-0.05, 0) is 33.3 Å². The first kappa shape index (κ1) is 14.0. The Kier molecular flexibility index (Phi) is 3.90. The summed E-state index contributed by atoms with van der Waals surface area (Å²) < 4.78 is 0. The lowest BCUT2D eigenvalue weighted by molar-refractivity contribution is -0.384. The Morgan fingerprint density at radius 2 is 1.94 bits per heavy atom. The van der Waals surface area contributed by atoms with Crippen LogP contribution in [0.2, 0.25) is 0 Å². The number of hydrogen-bond acceptors (Lipinski definition) is 3. The fraction of sp³-hybridized carbons (Fsp3) is 0.417. The summed E-state index contributed by atoms with van der Waals surface area (Å²) in [5.74, 6) is 0. The van der Waals surface area contributed by atoms with Crippen molar-refractivity contribution < 1.29 is 9.72 Å². The molecule has 1 aromatic carbocycles. The van der Waals surface area contributed by atoms with Gasteiger partial charge in [-0.15, -0.1) is 0 Å². The molecular formula is C12H17N3O3. The van der Waals surface area contributed by atoms with Crippen molar-refractivity contribution in [3.63, 3.8) is 0 Å². The maximum Gasteiger partial charge on any atom is 0.319 e. The molecule has 0 radical (unpaired) electrons. The molecule has 18 heavy (non-hydrogen) atoms. The molecule has 2 N–H and O–H groups in total. The fourth-order valence-electron chi connectivity index (χ4n) is 1.35. The minimum absolute atomic E-state index is 0.0494. The van der Waals surface area contributed by atoms with E-state index in [1.807, 2.05) is 20.8 Å². The van der Waals surface area contributed by atoms with Crippen LogP contribution in [0.5, 0.6) is 0 Å². The maximum atomic E-state index is 11.7. The van der Waals surface area contributed by atoms with E-state index in [1.54, 1.807) is 13.0 Å². The van der Waals surface area contributed by atoms with E-state index >= 15 is 0 Å². The first-order valence-corrected chi connectivity index (χ1v) is 5.53. The second-order valence-electron chi connectivity index (χ2n) is 5.09. The molecule has 0 saturated heterocycles. The van der Waals surface area contributed by atoms with Crippen LogP contribution in [0, 0.1) is 17.0 Å². The van der Waals surface area contributed by atoms with Gasteiger partial charge in [0.25, 0.3) is 5.69 Å². The van der Waals surface area contributed by atoms with E-state index in [4.69, 9.17) is 0 Å². The summed E-state index contributed by atoms with van der Waals surface area (Å²) in [7, 11) is 0. The van der Waals surface area contributed by atoms with Crippen LogP contribution in [0.1, 0.15) is 26.3 Å². The second kappa shape index (κ2) is 5.03. The van der Waals surface area contributed by atoms with Crippen LogP contribution in [0.4, 0.5) is 16.2 Å². The predicted octanol–water partition coefficient (Wildman–Crippen LogP) is 2.82. The van der Waals surface area contributed by atoms with Gasteiger partial charge >= 0.3 is 6.03 Å². The highest BCUT2D eigenvalue weighted by Crippen LogP contribution is 2.21. The van der Waals surface area contributed by atoms with E-state index in [-0.39, 0.29) is 17.3 Å². The van der Waals surface area contributed by atoms with Crippen LogP contribution < -0.4 is 10.6 Å². The topological polar surface area (TPSA) is 84.3 Å². The minimum atomic E-state index is -0.494. The number of anilines is 1. The zero-order chi connectivity index (χ0) is 13.9. The Labute approximate surface area is 106 Å². The molecule has 0 atom stereocenters. The predicted molar refractivity (Wildman–Crippen MR) is 69.7 cm³/mol. The number of aryl methyl sites for hydroxylation is 1. The summed E-state index contributed by atoms with van der Waals surface area (Å²) in [6.45, 7) is 7.34. The number of nitrogens with one attached hydrogen (secondary N) is 2. The molecule has 0 unspecified atom stereocenters. The summed E-state index contributed by atoms with van der Waals surface area (Å²) in [4.78, 5) is 21.8. The smallest absolute Gasteiger partial charge is 0.319 e. The van der Waals surface area contributed by atoms with Gasteiger partial charge in [-0.2, -0.15) is 0 Å². The Balaban J connectivity index is 2.87. The average molecular weight is 251 g/mol. The lowest BCUT2D eigenvalue weighted by Crippen LogP contribution is -2.43. The number of rotatable bonds is 2. The molecule has 0 fully saturated rings. The number of carbonyl (C=O) groups is 1. The van der Waals surface area contributed by atoms with Crippen LogP contribution >= 0.6 is 0 Å². The van der Waals surface area contributed by atoms with Gasteiger partial charge in [0.1, 0.15) is 0 Å². The zero-order valence-electron chi connectivity index (χ0n) is 10.9. The molecule has 98 valence electrons. The highest BCUT2D eigenvalue weighted by atomic mass is 16.6. The molecule has 0 saturated carbocycles. The number of carbonyl (C=O) groups excluding carboxylic acids is 1. The quantitative estimate of drug-likeness (QED) is 0.626. The van der Waals surface area contributed by atoms with Crippen molar-refractivity contribution >= 4 is 17.4 Å². The standard InChI is InChI=1S/C12H17N3O3/c1-8-5-6-9(15(17)18)7-10(8)13-11(16)14-12(2,3)4/h5-7H,1-4H3,(H2,13,14,16). The Morgan fingerprint density at radius 3 is 2.44 bits per heavy atom. The summed E-state index contributed by atoms with van der Waals surface area (Å²) in [5.41, 5.74) is 0.792. The van der Waals surface area contributed by atoms with Crippen LogP contribution in [-0.4, -0.2) is 16.5 Å². The molecule has 2 amide bonds. The first-order chi connectivity index (χ1) is 8.19. The SMILES string of the molecule is Cc1ccc([N+](=O)[O-])cc1NC(=O)NC(C)(C)C. The van der Waals surface area contributed by atoms with Gasteiger partial charge in [-0.3, -0.25) is 10.1 Å². The van der Waals surface area contributed by atoms with Crippen molar-refractivity contribution in [2.75, 3.05) is 5.32 Å². The third-order valence-corrected chi connectivity index (χ3v) is 2.17. The zero-order valence-corrected chi connectivity index (χ0v) is 10.9. The summed E-state index contributed by atoms with van der Waals surface area (Å²) in [6, 6.07) is 3.97. The van der Waals surface area contributed by atoms with Crippen molar-refractivity contribution in [1.82, 2.24) is 5.32 Å². The number of nitro groups is 1. The summed E-state index contributed by atoms with van der Waals surface area (Å²) >= 11 is 0. The Morgan fingerprint density at radius 1 is 1.33 bits per heavy atom. The van der Waals surface area contributed by atoms with Gasteiger partial charge in [0.2, 0.25) is 0 Å². The van der Waals surface area contributed by atoms with E-state index in [0.717, 1.165) is 5.56 Å². The number of nitrogens with zero attached hydrogens (tertiary/aromatic N) is 1. The number of urea groups is 1. The maximum absolute atomic E-state index is 11.7. The molecule has 0 aliphatic heterocycles. The molecule has 0 spiro atoms. The Hall–Kier alpha value is -2.11. The average Bonchev–Trinajstić information content (AvgIpc) is 2.18. The lowest BCUT2D eigenvalue weighted by atomic mass is 10.1. The normalized spacial score (nSPS) is 10.9. The van der Waals surface area contributed by atoms with Crippen LogP contribution in [0.15, 0.2) is 18.2 Å². The first-order valence-electron chi connectivity index (χ1n) is 5.53. The lowest BCUT2D eigenvalue weighted by Gasteiger charge is -2.21. The third kappa shape index (κ3) is 4.04. The van der Waals surface area contributed by atoms with Crippen molar-refractivity contribution in [3.8, 4) is 0 Å². The largest absolute Gasteiger partial charge is 0.333 e. The minimum Gasteiger partial charge on any atom is -0.333 e. The molecule has 6 heteroatoms. The second-order valence-corrected chi connectivity index (χ2v) is 5.09. The van der Waals surface area contributed by atoms with Crippen molar-refractivity contribution in [2.24, 2.45) is 0 Å². The molecule has 0 aromatic heterocycles. The number of amides is 2. The van der Waals surface area contributed by atoms with E-state index in [1.165, 1.54) is 12.1 Å². The van der Waals surface area contributed by atoms with Gasteiger partial charge < -0.3 is 10.6 Å². The van der Waals surface area contributed by atoms with Crippen LogP contribution in [-0.2, 0) is 0 Å². The number of non-ortho nitro benzene ring substituents is 1. The number of hydrogen-bond donors (Lipinski definition) is 2. The van der Waals surface area contributed by atoms with E-state index < -0.39 is 4.92 Å². The monoisotopic (exact) mass is 251 g/mol. The number of nitro benzene ring substituents is 1. The highest BCUT2D eigenvalue weighted by molar-refractivity contribution is 5.90. The van der Waals surface area contributed by atoms with Crippen molar-refractivity contribution in [2.45, 2.75) is 33.2 Å². The van der Waals surface area contributed by atoms with Gasteiger partial charge in [0.15, 0.2) is 0 Å². The highest BCUT2D eigenvalue weighted by Gasteiger charge is 2.15. The van der Waals surface area contributed by atoms with E-state index in [9.17, 15) is 14.9 Å². The fourth-order valence-corrected chi connectivity index (χ4v) is 1.35. The molecule has 1 aromatic rings. The number of benzene rings is 1. The molecule has 1 rings (SSSR count). The van der Waals surface area contributed by atoms with Gasteiger partial charge in [0.05, 0.1) is 10.6 Å².